The number of thioether (sulfide) groups is 1. The van der Waals surface area contributed by atoms with E-state index in [4.69, 9.17) is 0 Å². The fourth-order valence-corrected chi connectivity index (χ4v) is 3.44. The van der Waals surface area contributed by atoms with Gasteiger partial charge in [-0.2, -0.15) is 11.8 Å². The molecular weight excluding hydrogens is 242 g/mol. The predicted molar refractivity (Wildman–Crippen MR) is 66.0 cm³/mol. The summed E-state index contributed by atoms with van der Waals surface area (Å²) in [6.07, 6.45) is 4.02. The SMILES string of the molecule is OC(CSC1CCCC1)c1ccc(F)cc1F. The first kappa shape index (κ1) is 12.8. The molecule has 1 aliphatic rings. The molecule has 1 unspecified atom stereocenters. The molecule has 1 aromatic rings. The van der Waals surface area contributed by atoms with Gasteiger partial charge in [-0.1, -0.05) is 18.9 Å². The number of halogens is 2. The highest BCUT2D eigenvalue weighted by Crippen LogP contribution is 2.32. The van der Waals surface area contributed by atoms with Crippen molar-refractivity contribution in [3.63, 3.8) is 0 Å². The van der Waals surface area contributed by atoms with Crippen LogP contribution in [0.1, 0.15) is 37.4 Å². The van der Waals surface area contributed by atoms with Crippen LogP contribution in [0, 0.1) is 11.6 Å². The average molecular weight is 258 g/mol. The van der Waals surface area contributed by atoms with Crippen LogP contribution in [0.5, 0.6) is 0 Å². The number of aliphatic hydroxyl groups is 1. The molecule has 1 fully saturated rings. The topological polar surface area (TPSA) is 20.2 Å². The third-order valence-electron chi connectivity index (χ3n) is 3.11. The minimum Gasteiger partial charge on any atom is -0.387 e. The van der Waals surface area contributed by atoms with Crippen molar-refractivity contribution in [3.8, 4) is 0 Å². The van der Waals surface area contributed by atoms with Gasteiger partial charge >= 0.3 is 0 Å². The number of aliphatic hydroxyl groups excluding tert-OH is 1. The van der Waals surface area contributed by atoms with Gasteiger partial charge in [-0.25, -0.2) is 8.78 Å². The standard InChI is InChI=1S/C13H16F2OS/c14-9-5-6-11(12(15)7-9)13(16)8-17-10-3-1-2-4-10/h5-7,10,13,16H,1-4,8H2. The van der Waals surface area contributed by atoms with Gasteiger partial charge < -0.3 is 5.11 Å². The van der Waals surface area contributed by atoms with Gasteiger partial charge in [0.05, 0.1) is 6.10 Å². The Bertz CT molecular complexity index is 378. The molecule has 0 aliphatic heterocycles. The van der Waals surface area contributed by atoms with E-state index in [-0.39, 0.29) is 5.56 Å². The molecule has 0 bridgehead atoms. The fourth-order valence-electron chi connectivity index (χ4n) is 2.14. The van der Waals surface area contributed by atoms with Crippen LogP contribution in [0.4, 0.5) is 8.78 Å². The largest absolute Gasteiger partial charge is 0.387 e. The normalized spacial score (nSPS) is 18.5. The second kappa shape index (κ2) is 5.83. The maximum absolute atomic E-state index is 13.4. The Morgan fingerprint density at radius 3 is 2.65 bits per heavy atom. The van der Waals surface area contributed by atoms with Crippen LogP contribution in [0.2, 0.25) is 0 Å². The molecule has 2 rings (SSSR count). The van der Waals surface area contributed by atoms with E-state index < -0.39 is 17.7 Å². The van der Waals surface area contributed by atoms with Crippen LogP contribution in [-0.2, 0) is 0 Å². The van der Waals surface area contributed by atoms with E-state index in [0.717, 1.165) is 6.07 Å². The summed E-state index contributed by atoms with van der Waals surface area (Å²) >= 11 is 1.69. The van der Waals surface area contributed by atoms with Gasteiger partial charge in [-0.15, -0.1) is 0 Å². The summed E-state index contributed by atoms with van der Waals surface area (Å²) in [6, 6.07) is 3.32. The fraction of sp³-hybridized carbons (Fsp3) is 0.538. The number of rotatable bonds is 4. The van der Waals surface area contributed by atoms with Gasteiger partial charge in [-0.3, -0.25) is 0 Å². The van der Waals surface area contributed by atoms with Gasteiger partial charge in [-0.05, 0) is 18.9 Å². The first-order chi connectivity index (χ1) is 8.16. The molecule has 1 saturated carbocycles. The van der Waals surface area contributed by atoms with E-state index in [1.165, 1.54) is 37.8 Å². The lowest BCUT2D eigenvalue weighted by atomic mass is 10.1. The smallest absolute Gasteiger partial charge is 0.131 e. The lowest BCUT2D eigenvalue weighted by molar-refractivity contribution is 0.198. The van der Waals surface area contributed by atoms with E-state index in [1.54, 1.807) is 11.8 Å². The van der Waals surface area contributed by atoms with Gasteiger partial charge in [0.1, 0.15) is 11.6 Å². The van der Waals surface area contributed by atoms with Crippen LogP contribution in [-0.4, -0.2) is 16.1 Å². The second-order valence-corrected chi connectivity index (χ2v) is 5.75. The molecule has 0 spiro atoms. The molecule has 0 aromatic heterocycles. The first-order valence-electron chi connectivity index (χ1n) is 5.91. The third kappa shape index (κ3) is 3.42. The van der Waals surface area contributed by atoms with E-state index >= 15 is 0 Å². The quantitative estimate of drug-likeness (QED) is 0.889. The van der Waals surface area contributed by atoms with Crippen LogP contribution >= 0.6 is 11.8 Å². The van der Waals surface area contributed by atoms with Crippen LogP contribution in [0.25, 0.3) is 0 Å². The Hall–Kier alpha value is -0.610. The van der Waals surface area contributed by atoms with E-state index in [0.29, 0.717) is 11.0 Å². The van der Waals surface area contributed by atoms with E-state index in [2.05, 4.69) is 0 Å². The maximum atomic E-state index is 13.4. The molecule has 4 heteroatoms. The summed E-state index contributed by atoms with van der Waals surface area (Å²) < 4.78 is 26.1. The molecular formula is C13H16F2OS. The van der Waals surface area contributed by atoms with Gasteiger partial charge in [0.25, 0.3) is 0 Å². The van der Waals surface area contributed by atoms with Crippen molar-refractivity contribution < 1.29 is 13.9 Å². The highest BCUT2D eigenvalue weighted by molar-refractivity contribution is 7.99. The van der Waals surface area contributed by atoms with Gasteiger partial charge in [0, 0.05) is 22.6 Å². The first-order valence-corrected chi connectivity index (χ1v) is 6.96. The van der Waals surface area contributed by atoms with E-state index in [9.17, 15) is 13.9 Å². The van der Waals surface area contributed by atoms with Crippen LogP contribution < -0.4 is 0 Å². The Morgan fingerprint density at radius 2 is 2.00 bits per heavy atom. The van der Waals surface area contributed by atoms with Crippen LogP contribution in [0.3, 0.4) is 0 Å². The van der Waals surface area contributed by atoms with Gasteiger partial charge in [0.15, 0.2) is 0 Å². The summed E-state index contributed by atoms with van der Waals surface area (Å²) in [5.41, 5.74) is 0.192. The number of benzene rings is 1. The lowest BCUT2D eigenvalue weighted by Crippen LogP contribution is -2.07. The Labute approximate surface area is 104 Å². The predicted octanol–water partition coefficient (Wildman–Crippen LogP) is 3.67. The molecule has 1 nitrogen and oxygen atoms in total. The highest BCUT2D eigenvalue weighted by atomic mass is 32.2. The molecule has 94 valence electrons. The summed E-state index contributed by atoms with van der Waals surface area (Å²) in [7, 11) is 0. The average Bonchev–Trinajstić information content (AvgIpc) is 2.78. The monoisotopic (exact) mass is 258 g/mol. The minimum absolute atomic E-state index is 0.192. The molecule has 0 radical (unpaired) electrons. The molecule has 0 amide bonds. The van der Waals surface area contributed by atoms with E-state index in [1.807, 2.05) is 0 Å². The Balaban J connectivity index is 1.91. The summed E-state index contributed by atoms with van der Waals surface area (Å²) in [4.78, 5) is 0. The van der Waals surface area contributed by atoms with Crippen molar-refractivity contribution in [1.82, 2.24) is 0 Å². The zero-order valence-electron chi connectivity index (χ0n) is 9.53. The second-order valence-electron chi connectivity index (χ2n) is 4.42. The molecule has 1 aromatic carbocycles. The third-order valence-corrected chi connectivity index (χ3v) is 4.56. The highest BCUT2D eigenvalue weighted by Gasteiger charge is 2.19. The maximum Gasteiger partial charge on any atom is 0.131 e. The molecule has 17 heavy (non-hydrogen) atoms. The number of hydrogen-bond donors (Lipinski definition) is 1. The van der Waals surface area contributed by atoms with Crippen molar-refractivity contribution >= 4 is 11.8 Å². The summed E-state index contributed by atoms with van der Waals surface area (Å²) in [5.74, 6) is -0.792. The van der Waals surface area contributed by atoms with Crippen LogP contribution in [0.15, 0.2) is 18.2 Å². The van der Waals surface area contributed by atoms with Crippen molar-refractivity contribution in [1.29, 1.82) is 0 Å². The van der Waals surface area contributed by atoms with Crippen molar-refractivity contribution in [2.75, 3.05) is 5.75 Å². The zero-order chi connectivity index (χ0) is 12.3. The van der Waals surface area contributed by atoms with Crippen molar-refractivity contribution in [3.05, 3.63) is 35.4 Å². The molecule has 1 aliphatic carbocycles. The zero-order valence-corrected chi connectivity index (χ0v) is 10.4. The molecule has 0 saturated heterocycles. The van der Waals surface area contributed by atoms with Crippen molar-refractivity contribution in [2.45, 2.75) is 37.0 Å². The molecule has 0 heterocycles. The lowest BCUT2D eigenvalue weighted by Gasteiger charge is -2.14. The molecule has 1 atom stereocenters. The van der Waals surface area contributed by atoms with Crippen molar-refractivity contribution in [2.24, 2.45) is 0 Å². The Kier molecular flexibility index (Phi) is 4.40. The summed E-state index contributed by atoms with van der Waals surface area (Å²) in [6.45, 7) is 0. The minimum atomic E-state index is -0.846. The van der Waals surface area contributed by atoms with Gasteiger partial charge in [0.2, 0.25) is 0 Å². The number of hydrogen-bond acceptors (Lipinski definition) is 2. The molecule has 1 N–H and O–H groups in total. The summed E-state index contributed by atoms with van der Waals surface area (Å²) in [5, 5.41) is 10.5. The Morgan fingerprint density at radius 1 is 1.29 bits per heavy atom.